The molecule has 0 aliphatic carbocycles. The molecule has 47 heavy (non-hydrogen) atoms. The van der Waals surface area contributed by atoms with E-state index in [-0.39, 0.29) is 0 Å². The molecule has 6 N–H and O–H groups in total. The van der Waals surface area contributed by atoms with E-state index in [0.29, 0.717) is 23.6 Å². The summed E-state index contributed by atoms with van der Waals surface area (Å²) in [4.78, 5) is 19.5. The van der Waals surface area contributed by atoms with Gasteiger partial charge in [-0.25, -0.2) is 15.0 Å². The maximum absolute atomic E-state index is 9.62. The van der Waals surface area contributed by atoms with E-state index in [1.165, 1.54) is 60.7 Å². The van der Waals surface area contributed by atoms with Gasteiger partial charge in [-0.1, -0.05) is 11.6 Å². The number of piperidine rings is 3. The fraction of sp³-hybridized carbons (Fsp3) is 0.417. The number of pyridine rings is 3. The highest BCUT2D eigenvalue weighted by Crippen LogP contribution is 2.33. The zero-order chi connectivity index (χ0) is 32.0. The van der Waals surface area contributed by atoms with Crippen molar-refractivity contribution in [3.63, 3.8) is 0 Å². The molecule has 3 atom stereocenters. The zero-order valence-electron chi connectivity index (χ0n) is 26.7. The van der Waals surface area contributed by atoms with E-state index in [0.717, 1.165) is 71.3 Å². The lowest BCUT2D eigenvalue weighted by Crippen LogP contribution is -2.28. The molecule has 9 heterocycles. The summed E-state index contributed by atoms with van der Waals surface area (Å²) in [6.07, 6.45) is 16.6. The Labute approximate surface area is 280 Å². The molecule has 0 radical (unpaired) electrons. The predicted octanol–water partition coefficient (Wildman–Crippen LogP) is 6.41. The molecule has 246 valence electrons. The van der Waals surface area contributed by atoms with Crippen LogP contribution >= 0.6 is 11.6 Å². The van der Waals surface area contributed by atoms with Gasteiger partial charge in [0, 0.05) is 78.6 Å². The Morgan fingerprint density at radius 1 is 0.745 bits per heavy atom. The van der Waals surface area contributed by atoms with Crippen LogP contribution in [0.3, 0.4) is 0 Å². The standard InChI is InChI=1S/C12H14ClN3.C12H15N3O.C12H15N3/c13-10-3-5-15-12-9(10)6-11(16-12)8-2-1-4-14-7-8;16-15-6-2-4-10-11(8-14-12(10)15)9-3-1-5-13-7-9;1-3-9(7-13-5-1)11-8-15-12-10(11)4-2-6-14-12/h3,5-6,8,14H,1-2,4,7H2,(H,15,16);2,4,6,8-9,13,16H,1,3,5,7H2;2,4,6,8-9,13H,1,3,5,7H2,(H,14,15). The molecule has 0 saturated carbocycles. The highest BCUT2D eigenvalue weighted by molar-refractivity contribution is 6.35. The SMILES string of the molecule is Clc1ccnc2[nH]c(C3CCCNC3)cc12.On1cccc2c(C3CCCNC3)cnc1-2.c1cnc2[nH]cc(C3CCCNC3)c2c1. The van der Waals surface area contributed by atoms with E-state index >= 15 is 0 Å². The van der Waals surface area contributed by atoms with Crippen molar-refractivity contribution in [2.45, 2.75) is 56.3 Å². The third kappa shape index (κ3) is 7.16. The summed E-state index contributed by atoms with van der Waals surface area (Å²) < 4.78 is 1.09. The third-order valence-electron chi connectivity index (χ3n) is 9.78. The molecule has 5 aliphatic heterocycles. The first kappa shape index (κ1) is 31.6. The summed E-state index contributed by atoms with van der Waals surface area (Å²) in [6, 6.07) is 12.0. The van der Waals surface area contributed by atoms with E-state index in [9.17, 15) is 5.21 Å². The summed E-state index contributed by atoms with van der Waals surface area (Å²) in [5, 5.41) is 23.0. The van der Waals surface area contributed by atoms with Gasteiger partial charge in [-0.2, -0.15) is 4.73 Å². The minimum atomic E-state index is 0.529. The fourth-order valence-electron chi connectivity index (χ4n) is 7.27. The molecule has 0 amide bonds. The van der Waals surface area contributed by atoms with E-state index in [1.54, 1.807) is 12.4 Å². The summed E-state index contributed by atoms with van der Waals surface area (Å²) in [5.41, 5.74) is 6.91. The van der Waals surface area contributed by atoms with E-state index < -0.39 is 0 Å². The van der Waals surface area contributed by atoms with Crippen LogP contribution in [0, 0.1) is 0 Å². The molecule has 11 heteroatoms. The molecule has 0 spiro atoms. The topological polar surface area (TPSA) is 132 Å². The van der Waals surface area contributed by atoms with Gasteiger partial charge in [0.15, 0.2) is 5.82 Å². The first-order valence-corrected chi connectivity index (χ1v) is 17.4. The number of hydrogen-bond acceptors (Lipinski definition) is 7. The fourth-order valence-corrected chi connectivity index (χ4v) is 7.47. The molecule has 4 aromatic heterocycles. The van der Waals surface area contributed by atoms with Crippen LogP contribution < -0.4 is 16.0 Å². The lowest BCUT2D eigenvalue weighted by molar-refractivity contribution is 0.186. The number of nitrogens with zero attached hydrogens (tertiary/aromatic N) is 4. The molecule has 3 saturated heterocycles. The van der Waals surface area contributed by atoms with Crippen LogP contribution in [-0.4, -0.2) is 74.1 Å². The highest BCUT2D eigenvalue weighted by atomic mass is 35.5. The van der Waals surface area contributed by atoms with Gasteiger partial charge in [0.05, 0.1) is 5.02 Å². The van der Waals surface area contributed by atoms with Gasteiger partial charge in [0.1, 0.15) is 11.3 Å². The second-order valence-electron chi connectivity index (χ2n) is 12.9. The van der Waals surface area contributed by atoms with Gasteiger partial charge in [-0.3, -0.25) is 0 Å². The molecule has 3 unspecified atom stereocenters. The second-order valence-corrected chi connectivity index (χ2v) is 13.3. The van der Waals surface area contributed by atoms with Gasteiger partial charge >= 0.3 is 0 Å². The van der Waals surface area contributed by atoms with Gasteiger partial charge in [0.2, 0.25) is 0 Å². The van der Waals surface area contributed by atoms with E-state index in [4.69, 9.17) is 11.6 Å². The Hall–Kier alpha value is -3.96. The molecule has 4 aromatic rings. The molecule has 9 rings (SSSR count). The average Bonchev–Trinajstić information content (AvgIpc) is 3.88. The van der Waals surface area contributed by atoms with Crippen molar-refractivity contribution in [1.29, 1.82) is 0 Å². The number of H-pyrrole nitrogens is 2. The second kappa shape index (κ2) is 14.9. The number of aromatic amines is 2. The number of hydrogen-bond donors (Lipinski definition) is 6. The molecule has 3 fully saturated rings. The Kier molecular flexibility index (Phi) is 10.00. The number of aromatic nitrogens is 6. The van der Waals surface area contributed by atoms with Crippen LogP contribution in [0.2, 0.25) is 5.02 Å². The third-order valence-corrected chi connectivity index (χ3v) is 10.1. The van der Waals surface area contributed by atoms with Crippen molar-refractivity contribution in [1.82, 2.24) is 45.6 Å². The average molecular weight is 654 g/mol. The van der Waals surface area contributed by atoms with Crippen LogP contribution in [0.4, 0.5) is 0 Å². The Bertz CT molecular complexity index is 1840. The van der Waals surface area contributed by atoms with Crippen LogP contribution in [0.1, 0.15) is 73.1 Å². The zero-order valence-corrected chi connectivity index (χ0v) is 27.4. The van der Waals surface area contributed by atoms with Crippen LogP contribution in [0.25, 0.3) is 33.5 Å². The lowest BCUT2D eigenvalue weighted by atomic mass is 9.90. The van der Waals surface area contributed by atoms with Crippen molar-refractivity contribution in [3.8, 4) is 11.4 Å². The van der Waals surface area contributed by atoms with E-state index in [1.807, 2.05) is 36.7 Å². The Morgan fingerprint density at radius 2 is 1.45 bits per heavy atom. The first-order valence-electron chi connectivity index (χ1n) is 17.0. The van der Waals surface area contributed by atoms with Gasteiger partial charge in [-0.15, -0.1) is 0 Å². The molecular formula is C36H44ClN9O. The van der Waals surface area contributed by atoms with Crippen molar-refractivity contribution in [3.05, 3.63) is 89.2 Å². The van der Waals surface area contributed by atoms with Crippen molar-refractivity contribution in [2.75, 3.05) is 39.3 Å². The Balaban J connectivity index is 0.000000112. The minimum absolute atomic E-state index is 0.529. The Morgan fingerprint density at radius 3 is 2.15 bits per heavy atom. The first-order chi connectivity index (χ1) is 23.2. The van der Waals surface area contributed by atoms with Crippen molar-refractivity contribution in [2.24, 2.45) is 0 Å². The van der Waals surface area contributed by atoms with E-state index in [2.05, 4.69) is 59.2 Å². The minimum Gasteiger partial charge on any atom is -0.427 e. The quantitative estimate of drug-likeness (QED) is 0.122. The number of halogens is 1. The maximum atomic E-state index is 9.62. The number of nitrogens with one attached hydrogen (secondary N) is 5. The molecule has 10 nitrogen and oxygen atoms in total. The van der Waals surface area contributed by atoms with Crippen LogP contribution in [0.5, 0.6) is 0 Å². The van der Waals surface area contributed by atoms with Gasteiger partial charge in [0.25, 0.3) is 0 Å². The molecule has 5 aliphatic rings. The smallest absolute Gasteiger partial charge is 0.175 e. The molecule has 0 bridgehead atoms. The summed E-state index contributed by atoms with van der Waals surface area (Å²) >= 11 is 6.13. The van der Waals surface area contributed by atoms with Gasteiger partial charge in [-0.05, 0) is 118 Å². The number of fused-ring (bicyclic) bond motifs is 3. The normalized spacial score (nSPS) is 21.6. The lowest BCUT2D eigenvalue weighted by Gasteiger charge is -2.22. The maximum Gasteiger partial charge on any atom is 0.175 e. The highest BCUT2D eigenvalue weighted by Gasteiger charge is 2.23. The summed E-state index contributed by atoms with van der Waals surface area (Å²) in [6.45, 7) is 6.57. The van der Waals surface area contributed by atoms with Gasteiger partial charge < -0.3 is 31.1 Å². The van der Waals surface area contributed by atoms with Crippen molar-refractivity contribution >= 4 is 33.7 Å². The predicted molar refractivity (Wildman–Crippen MR) is 188 cm³/mol. The molecule has 0 aromatic carbocycles. The van der Waals surface area contributed by atoms with Crippen LogP contribution in [0.15, 0.2) is 67.4 Å². The summed E-state index contributed by atoms with van der Waals surface area (Å²) in [7, 11) is 0. The largest absolute Gasteiger partial charge is 0.427 e. The van der Waals surface area contributed by atoms with Crippen LogP contribution in [-0.2, 0) is 0 Å². The van der Waals surface area contributed by atoms with Crippen molar-refractivity contribution < 1.29 is 5.21 Å². The summed E-state index contributed by atoms with van der Waals surface area (Å²) in [5.74, 6) is 2.40. The number of rotatable bonds is 3. The molecular weight excluding hydrogens is 610 g/mol. The monoisotopic (exact) mass is 653 g/mol.